The second-order valence-electron chi connectivity index (χ2n) is 11.8. The molecule has 0 aromatic rings. The molecule has 0 heterocycles. The van der Waals surface area contributed by atoms with Crippen LogP contribution in [-0.2, 0) is 23.8 Å². The van der Waals surface area contributed by atoms with Gasteiger partial charge in [-0.15, -0.1) is 0 Å². The number of ether oxygens (including phenoxy) is 3. The highest BCUT2D eigenvalue weighted by molar-refractivity contribution is 5.90. The van der Waals surface area contributed by atoms with Gasteiger partial charge < -0.3 is 19.3 Å². The first kappa shape index (κ1) is 20.2. The van der Waals surface area contributed by atoms with Crippen molar-refractivity contribution in [3.05, 3.63) is 12.2 Å². The molecule has 0 aromatic carbocycles. The molecular weight excluding hydrogens is 396 g/mol. The normalized spacial score (nSPS) is 47.7. The van der Waals surface area contributed by atoms with Crippen molar-refractivity contribution >= 4 is 11.9 Å². The van der Waals surface area contributed by atoms with Crippen LogP contribution in [0.1, 0.15) is 77.0 Å². The van der Waals surface area contributed by atoms with Crippen molar-refractivity contribution in [1.29, 1.82) is 0 Å². The summed E-state index contributed by atoms with van der Waals surface area (Å²) in [7, 11) is 0. The molecule has 1 N–H and O–H groups in total. The van der Waals surface area contributed by atoms with Gasteiger partial charge in [0, 0.05) is 12.2 Å². The van der Waals surface area contributed by atoms with Gasteiger partial charge in [0.15, 0.2) is 0 Å². The van der Waals surface area contributed by atoms with Crippen molar-refractivity contribution in [2.75, 3.05) is 0 Å². The van der Waals surface area contributed by atoms with E-state index in [-0.39, 0.29) is 11.2 Å². The fourth-order valence-electron chi connectivity index (χ4n) is 9.10. The van der Waals surface area contributed by atoms with E-state index < -0.39 is 18.4 Å². The van der Waals surface area contributed by atoms with Crippen LogP contribution in [0.5, 0.6) is 0 Å². The van der Waals surface area contributed by atoms with Crippen LogP contribution in [0.3, 0.4) is 0 Å². The summed E-state index contributed by atoms with van der Waals surface area (Å²) in [5.74, 6) is 2.42. The van der Waals surface area contributed by atoms with E-state index in [1.165, 1.54) is 38.5 Å². The molecule has 170 valence electrons. The number of hydrogen-bond acceptors (Lipinski definition) is 5. The van der Waals surface area contributed by atoms with Crippen LogP contribution in [0.4, 0.5) is 0 Å². The molecule has 0 aliphatic heterocycles. The molecule has 6 nitrogen and oxygen atoms in total. The Balaban J connectivity index is 1.22. The number of rotatable bonds is 7. The van der Waals surface area contributed by atoms with Crippen LogP contribution >= 0.6 is 0 Å². The van der Waals surface area contributed by atoms with Crippen LogP contribution in [0.15, 0.2) is 12.2 Å². The zero-order chi connectivity index (χ0) is 21.2. The standard InChI is InChI=1S/C25H34O6/c26-21(27)1-2-22(28)29-23(30-24-9-15-3-16(10-24)5-17(4-15)11-24)31-25-12-18-6-19(13-25)8-20(7-18)14-25/h1-2,15-20,23H,3-14H2,(H,26,27). The third-order valence-electron chi connectivity index (χ3n) is 9.23. The first-order chi connectivity index (χ1) is 14.9. The maximum atomic E-state index is 12.4. The smallest absolute Gasteiger partial charge is 0.335 e. The number of esters is 1. The van der Waals surface area contributed by atoms with Crippen molar-refractivity contribution < 1.29 is 28.9 Å². The van der Waals surface area contributed by atoms with Crippen molar-refractivity contribution in [3.63, 3.8) is 0 Å². The maximum absolute atomic E-state index is 12.4. The Morgan fingerprint density at radius 3 is 1.35 bits per heavy atom. The molecular formula is C25H34O6. The fraction of sp³-hybridized carbons (Fsp3) is 0.840. The van der Waals surface area contributed by atoms with Gasteiger partial charge in [0.2, 0.25) is 0 Å². The van der Waals surface area contributed by atoms with Gasteiger partial charge in [-0.1, -0.05) is 0 Å². The molecule has 0 atom stereocenters. The first-order valence-corrected chi connectivity index (χ1v) is 12.3. The van der Waals surface area contributed by atoms with E-state index in [2.05, 4.69) is 0 Å². The summed E-state index contributed by atoms with van der Waals surface area (Å²) in [6.45, 7) is -1.04. The van der Waals surface area contributed by atoms with Gasteiger partial charge in [0.05, 0.1) is 11.2 Å². The lowest BCUT2D eigenvalue weighted by Gasteiger charge is -2.58. The highest BCUT2D eigenvalue weighted by Crippen LogP contribution is 2.59. The molecule has 8 aliphatic rings. The van der Waals surface area contributed by atoms with Gasteiger partial charge in [0.25, 0.3) is 0 Å². The van der Waals surface area contributed by atoms with Crippen LogP contribution < -0.4 is 0 Å². The average Bonchev–Trinajstić information content (AvgIpc) is 2.63. The highest BCUT2D eigenvalue weighted by Gasteiger charge is 2.56. The number of carboxylic acids is 1. The van der Waals surface area contributed by atoms with Crippen LogP contribution in [0.2, 0.25) is 0 Å². The lowest BCUT2D eigenvalue weighted by Crippen LogP contribution is -2.57. The van der Waals surface area contributed by atoms with E-state index in [9.17, 15) is 9.59 Å². The molecule has 0 aromatic heterocycles. The Morgan fingerprint density at radius 1 is 0.677 bits per heavy atom. The van der Waals surface area contributed by atoms with E-state index >= 15 is 0 Å². The molecule has 8 bridgehead atoms. The summed E-state index contributed by atoms with van der Waals surface area (Å²) in [5, 5.41) is 8.86. The van der Waals surface area contributed by atoms with Gasteiger partial charge in [-0.2, -0.15) is 0 Å². The zero-order valence-electron chi connectivity index (χ0n) is 18.2. The van der Waals surface area contributed by atoms with Gasteiger partial charge >= 0.3 is 18.4 Å². The third-order valence-corrected chi connectivity index (χ3v) is 9.23. The average molecular weight is 431 g/mol. The minimum Gasteiger partial charge on any atom is -0.478 e. The van der Waals surface area contributed by atoms with Crippen molar-refractivity contribution in [2.45, 2.75) is 94.7 Å². The number of hydrogen-bond donors (Lipinski definition) is 1. The predicted octanol–water partition coefficient (Wildman–Crippen LogP) is 4.42. The first-order valence-electron chi connectivity index (χ1n) is 12.3. The van der Waals surface area contributed by atoms with Crippen LogP contribution in [0.25, 0.3) is 0 Å². The SMILES string of the molecule is O=C(O)C=CC(=O)OC(OC12CC3CC(CC(C3)C1)C2)OC12CC3CC(CC(C3)C1)C2. The van der Waals surface area contributed by atoms with Gasteiger partial charge in [-0.25, -0.2) is 9.59 Å². The molecule has 0 spiro atoms. The van der Waals surface area contributed by atoms with Crippen LogP contribution in [0, 0.1) is 35.5 Å². The molecule has 8 aliphatic carbocycles. The monoisotopic (exact) mass is 430 g/mol. The Hall–Kier alpha value is -1.40. The predicted molar refractivity (Wildman–Crippen MR) is 111 cm³/mol. The van der Waals surface area contributed by atoms with E-state index in [1.54, 1.807) is 0 Å². The van der Waals surface area contributed by atoms with Gasteiger partial charge in [-0.05, 0) is 113 Å². The van der Waals surface area contributed by atoms with E-state index in [0.717, 1.165) is 50.7 Å². The molecule has 31 heavy (non-hydrogen) atoms. The Morgan fingerprint density at radius 2 is 1.03 bits per heavy atom. The summed E-state index contributed by atoms with van der Waals surface area (Å²) in [6.07, 6.45) is 15.8. The van der Waals surface area contributed by atoms with E-state index in [0.29, 0.717) is 35.5 Å². The Kier molecular flexibility index (Phi) is 4.77. The molecule has 8 fully saturated rings. The van der Waals surface area contributed by atoms with Crippen molar-refractivity contribution in [3.8, 4) is 0 Å². The minimum atomic E-state index is -1.17. The zero-order valence-corrected chi connectivity index (χ0v) is 18.2. The summed E-state index contributed by atoms with van der Waals surface area (Å²) in [5.41, 5.74) is -0.503. The molecule has 0 amide bonds. The number of carboxylic acid groups (broad SMARTS) is 1. The second kappa shape index (κ2) is 7.31. The minimum absolute atomic E-state index is 0.251. The molecule has 0 saturated heterocycles. The van der Waals surface area contributed by atoms with Crippen LogP contribution in [-0.4, -0.2) is 34.7 Å². The summed E-state index contributed by atoms with van der Waals surface area (Å²) >= 11 is 0. The van der Waals surface area contributed by atoms with Crippen molar-refractivity contribution in [2.24, 2.45) is 35.5 Å². The second-order valence-corrected chi connectivity index (χ2v) is 11.8. The molecule has 6 heteroatoms. The molecule has 8 rings (SSSR count). The summed E-state index contributed by atoms with van der Waals surface area (Å²) in [4.78, 5) is 23.2. The number of carbonyl (C=O) groups is 2. The van der Waals surface area contributed by atoms with E-state index in [4.69, 9.17) is 19.3 Å². The Bertz CT molecular complexity index is 668. The summed E-state index contributed by atoms with van der Waals surface area (Å²) in [6, 6.07) is 0. The topological polar surface area (TPSA) is 82.1 Å². The maximum Gasteiger partial charge on any atom is 0.335 e. The summed E-state index contributed by atoms with van der Waals surface area (Å²) < 4.78 is 18.9. The molecule has 0 unspecified atom stereocenters. The van der Waals surface area contributed by atoms with Crippen molar-refractivity contribution in [1.82, 2.24) is 0 Å². The molecule has 8 saturated carbocycles. The third kappa shape index (κ3) is 3.95. The highest BCUT2D eigenvalue weighted by atomic mass is 16.9. The number of aliphatic carboxylic acids is 1. The van der Waals surface area contributed by atoms with E-state index in [1.807, 2.05) is 0 Å². The van der Waals surface area contributed by atoms with Gasteiger partial charge in [-0.3, -0.25) is 0 Å². The molecule has 0 radical (unpaired) electrons. The van der Waals surface area contributed by atoms with Gasteiger partial charge in [0.1, 0.15) is 0 Å². The quantitative estimate of drug-likeness (QED) is 0.366. The number of carbonyl (C=O) groups excluding carboxylic acids is 1. The Labute approximate surface area is 183 Å². The largest absolute Gasteiger partial charge is 0.478 e. The fourth-order valence-corrected chi connectivity index (χ4v) is 9.10. The lowest BCUT2D eigenvalue weighted by molar-refractivity contribution is -0.373. The lowest BCUT2D eigenvalue weighted by atomic mass is 9.54.